The van der Waals surface area contributed by atoms with Crippen LogP contribution in [0.2, 0.25) is 0 Å². The van der Waals surface area contributed by atoms with Crippen LogP contribution in [0.4, 0.5) is 13.2 Å². The fraction of sp³-hybridized carbons (Fsp3) is 0.278. The summed E-state index contributed by atoms with van der Waals surface area (Å²) in [6.45, 7) is -1.09. The molecule has 0 radical (unpaired) electrons. The van der Waals surface area contributed by atoms with Gasteiger partial charge in [0.1, 0.15) is 5.82 Å². The van der Waals surface area contributed by atoms with Crippen LogP contribution in [0.5, 0.6) is 11.5 Å². The van der Waals surface area contributed by atoms with Gasteiger partial charge in [0.2, 0.25) is 0 Å². The van der Waals surface area contributed by atoms with E-state index in [1.54, 1.807) is 13.0 Å². The zero-order chi connectivity index (χ0) is 18.4. The van der Waals surface area contributed by atoms with Crippen LogP contribution < -0.4 is 14.8 Å². The van der Waals surface area contributed by atoms with Crippen LogP contribution in [0.15, 0.2) is 36.4 Å². The Kier molecular flexibility index (Phi) is 6.27. The highest BCUT2D eigenvalue weighted by Gasteiger charge is 2.12. The summed E-state index contributed by atoms with van der Waals surface area (Å²) in [6.07, 6.45) is 0.412. The van der Waals surface area contributed by atoms with E-state index in [4.69, 9.17) is 4.74 Å². The molecular weight excluding hydrogens is 335 g/mol. The molecule has 0 saturated heterocycles. The first-order valence-corrected chi connectivity index (χ1v) is 7.56. The number of hydrogen-bond acceptors (Lipinski definition) is 3. The Morgan fingerprint density at radius 1 is 1.16 bits per heavy atom. The van der Waals surface area contributed by atoms with E-state index in [1.807, 2.05) is 0 Å². The van der Waals surface area contributed by atoms with Gasteiger partial charge in [-0.1, -0.05) is 6.07 Å². The van der Waals surface area contributed by atoms with Gasteiger partial charge in [0.05, 0.1) is 7.11 Å². The van der Waals surface area contributed by atoms with E-state index in [0.29, 0.717) is 23.1 Å². The van der Waals surface area contributed by atoms with Crippen LogP contribution in [0.1, 0.15) is 21.5 Å². The fourth-order valence-corrected chi connectivity index (χ4v) is 2.27. The second kappa shape index (κ2) is 8.41. The summed E-state index contributed by atoms with van der Waals surface area (Å²) in [5, 5.41) is 2.70. The van der Waals surface area contributed by atoms with Crippen LogP contribution in [0, 0.1) is 12.7 Å². The fourth-order valence-electron chi connectivity index (χ4n) is 2.27. The van der Waals surface area contributed by atoms with Crippen molar-refractivity contribution in [2.45, 2.75) is 20.0 Å². The minimum Gasteiger partial charge on any atom is -0.493 e. The Hall–Kier alpha value is -2.70. The Balaban J connectivity index is 1.96. The molecule has 0 aromatic heterocycles. The molecule has 2 aromatic carbocycles. The zero-order valence-electron chi connectivity index (χ0n) is 13.8. The molecule has 0 aliphatic carbocycles. The van der Waals surface area contributed by atoms with Gasteiger partial charge in [-0.3, -0.25) is 4.79 Å². The average molecular weight is 353 g/mol. The number of benzene rings is 2. The quantitative estimate of drug-likeness (QED) is 0.825. The molecule has 7 heteroatoms. The Bertz CT molecular complexity index is 750. The molecule has 0 spiro atoms. The highest BCUT2D eigenvalue weighted by Crippen LogP contribution is 2.29. The number of hydrogen-bond donors (Lipinski definition) is 1. The maximum Gasteiger partial charge on any atom is 0.387 e. The lowest BCUT2D eigenvalue weighted by atomic mass is 10.1. The van der Waals surface area contributed by atoms with E-state index in [9.17, 15) is 18.0 Å². The molecule has 0 saturated carbocycles. The third kappa shape index (κ3) is 5.14. The lowest BCUT2D eigenvalue weighted by Crippen LogP contribution is -2.25. The van der Waals surface area contributed by atoms with Crippen molar-refractivity contribution >= 4 is 5.91 Å². The number of rotatable bonds is 7. The molecule has 0 aliphatic heterocycles. The number of carbonyl (C=O) groups excluding carboxylic acids is 1. The highest BCUT2D eigenvalue weighted by molar-refractivity contribution is 5.94. The molecule has 2 rings (SSSR count). The molecule has 0 aliphatic rings. The lowest BCUT2D eigenvalue weighted by Gasteiger charge is -2.12. The Labute approximate surface area is 143 Å². The summed E-state index contributed by atoms with van der Waals surface area (Å²) in [5.41, 5.74) is 1.44. The van der Waals surface area contributed by atoms with Crippen molar-refractivity contribution in [1.29, 1.82) is 0 Å². The van der Waals surface area contributed by atoms with E-state index in [-0.39, 0.29) is 29.8 Å². The van der Waals surface area contributed by atoms with E-state index in [0.717, 1.165) is 0 Å². The molecule has 1 N–H and O–H groups in total. The normalized spacial score (nSPS) is 10.6. The molecule has 0 bridgehead atoms. The Morgan fingerprint density at radius 2 is 1.92 bits per heavy atom. The molecular formula is C18H18F3NO3. The third-order valence-electron chi connectivity index (χ3n) is 3.56. The SMILES string of the molecule is COc1ccc(CCNC(=O)c2ccc(F)c(C)c2)cc1OC(F)F. The number of nitrogens with one attached hydrogen (secondary N) is 1. The van der Waals surface area contributed by atoms with Crippen molar-refractivity contribution in [3.05, 3.63) is 58.9 Å². The first-order chi connectivity index (χ1) is 11.9. The van der Waals surface area contributed by atoms with Crippen LogP contribution >= 0.6 is 0 Å². The minimum atomic E-state index is -2.95. The number of aryl methyl sites for hydroxylation is 1. The number of ether oxygens (including phenoxy) is 2. The average Bonchev–Trinajstić information content (AvgIpc) is 2.57. The number of alkyl halides is 2. The Morgan fingerprint density at radius 3 is 2.56 bits per heavy atom. The van der Waals surface area contributed by atoms with Gasteiger partial charge in [0, 0.05) is 12.1 Å². The van der Waals surface area contributed by atoms with E-state index < -0.39 is 6.61 Å². The van der Waals surface area contributed by atoms with E-state index in [1.165, 1.54) is 37.4 Å². The van der Waals surface area contributed by atoms with Gasteiger partial charge in [0.15, 0.2) is 11.5 Å². The van der Waals surface area contributed by atoms with Gasteiger partial charge >= 0.3 is 6.61 Å². The van der Waals surface area contributed by atoms with Gasteiger partial charge in [-0.15, -0.1) is 0 Å². The predicted molar refractivity (Wildman–Crippen MR) is 86.8 cm³/mol. The van der Waals surface area contributed by atoms with Gasteiger partial charge < -0.3 is 14.8 Å². The molecule has 134 valence electrons. The molecule has 1 amide bonds. The maximum absolute atomic E-state index is 13.2. The van der Waals surface area contributed by atoms with Crippen LogP contribution in [0.25, 0.3) is 0 Å². The van der Waals surface area contributed by atoms with Gasteiger partial charge in [0.25, 0.3) is 5.91 Å². The van der Waals surface area contributed by atoms with Gasteiger partial charge in [-0.25, -0.2) is 4.39 Å². The van der Waals surface area contributed by atoms with Crippen molar-refractivity contribution in [1.82, 2.24) is 5.32 Å². The van der Waals surface area contributed by atoms with Crippen molar-refractivity contribution in [3.8, 4) is 11.5 Å². The molecule has 2 aromatic rings. The maximum atomic E-state index is 13.2. The third-order valence-corrected chi connectivity index (χ3v) is 3.56. The molecule has 25 heavy (non-hydrogen) atoms. The van der Waals surface area contributed by atoms with Crippen LogP contribution in [-0.2, 0) is 6.42 Å². The van der Waals surface area contributed by atoms with E-state index in [2.05, 4.69) is 10.1 Å². The summed E-state index contributed by atoms with van der Waals surface area (Å²) in [6, 6.07) is 8.77. The molecule has 4 nitrogen and oxygen atoms in total. The lowest BCUT2D eigenvalue weighted by molar-refractivity contribution is -0.0512. The zero-order valence-corrected chi connectivity index (χ0v) is 13.8. The van der Waals surface area contributed by atoms with Gasteiger partial charge in [-0.2, -0.15) is 8.78 Å². The van der Waals surface area contributed by atoms with Crippen molar-refractivity contribution in [3.63, 3.8) is 0 Å². The molecule has 0 unspecified atom stereocenters. The van der Waals surface area contributed by atoms with Crippen LogP contribution in [-0.4, -0.2) is 26.2 Å². The number of carbonyl (C=O) groups is 1. The van der Waals surface area contributed by atoms with Crippen LogP contribution in [0.3, 0.4) is 0 Å². The first-order valence-electron chi connectivity index (χ1n) is 7.56. The van der Waals surface area contributed by atoms with Crippen molar-refractivity contribution < 1.29 is 27.4 Å². The predicted octanol–water partition coefficient (Wildman–Crippen LogP) is 3.72. The summed E-state index contributed by atoms with van der Waals surface area (Å²) in [5.74, 6) is -0.563. The number of amides is 1. The van der Waals surface area contributed by atoms with Gasteiger partial charge in [-0.05, 0) is 54.8 Å². The summed E-state index contributed by atoms with van der Waals surface area (Å²) < 4.78 is 47.4. The monoisotopic (exact) mass is 353 g/mol. The van der Waals surface area contributed by atoms with Crippen molar-refractivity contribution in [2.75, 3.05) is 13.7 Å². The molecule has 0 fully saturated rings. The molecule has 0 atom stereocenters. The second-order valence-corrected chi connectivity index (χ2v) is 5.33. The summed E-state index contributed by atoms with van der Waals surface area (Å²) in [7, 11) is 1.36. The molecule has 0 heterocycles. The largest absolute Gasteiger partial charge is 0.493 e. The second-order valence-electron chi connectivity index (χ2n) is 5.33. The topological polar surface area (TPSA) is 47.6 Å². The number of halogens is 3. The first kappa shape index (κ1) is 18.6. The van der Waals surface area contributed by atoms with Crippen molar-refractivity contribution in [2.24, 2.45) is 0 Å². The van der Waals surface area contributed by atoms with E-state index >= 15 is 0 Å². The summed E-state index contributed by atoms with van der Waals surface area (Å²) >= 11 is 0. The number of methoxy groups -OCH3 is 1. The minimum absolute atomic E-state index is 0.0597. The standard InChI is InChI=1S/C18H18F3NO3/c1-11-9-13(4-5-14(11)19)17(23)22-8-7-12-3-6-15(24-2)16(10-12)25-18(20)21/h3-6,9-10,18H,7-8H2,1-2H3,(H,22,23). The highest BCUT2D eigenvalue weighted by atomic mass is 19.3. The summed E-state index contributed by atoms with van der Waals surface area (Å²) in [4.78, 5) is 12.0. The smallest absolute Gasteiger partial charge is 0.387 e.